The van der Waals surface area contributed by atoms with Crippen LogP contribution in [0.2, 0.25) is 0 Å². The number of carbonyl (C=O) groups excluding carboxylic acids is 1. The molecule has 0 aliphatic heterocycles. The van der Waals surface area contributed by atoms with Crippen molar-refractivity contribution in [2.24, 2.45) is 0 Å². The van der Waals surface area contributed by atoms with Crippen molar-refractivity contribution in [3.05, 3.63) is 75.8 Å². The van der Waals surface area contributed by atoms with Crippen molar-refractivity contribution in [2.75, 3.05) is 0 Å². The van der Waals surface area contributed by atoms with Gasteiger partial charge in [-0.2, -0.15) is 0 Å². The summed E-state index contributed by atoms with van der Waals surface area (Å²) >= 11 is 1.50. The maximum atomic E-state index is 13.8. The Balaban J connectivity index is 1.97. The third kappa shape index (κ3) is 3.99. The number of nitrogens with zero attached hydrogens (tertiary/aromatic N) is 1. The van der Waals surface area contributed by atoms with Gasteiger partial charge in [0.25, 0.3) is 0 Å². The summed E-state index contributed by atoms with van der Waals surface area (Å²) in [6.07, 6.45) is 2.41. The van der Waals surface area contributed by atoms with Gasteiger partial charge in [-0.15, -0.1) is 11.3 Å². The number of thiazole rings is 1. The first-order valence-electron chi connectivity index (χ1n) is 8.00. The van der Waals surface area contributed by atoms with Crippen LogP contribution < -0.4 is 0 Å². The first-order chi connectivity index (χ1) is 12.1. The van der Waals surface area contributed by atoms with E-state index in [2.05, 4.69) is 4.98 Å². The molecule has 0 atom stereocenters. The van der Waals surface area contributed by atoms with E-state index in [0.29, 0.717) is 24.8 Å². The minimum Gasteiger partial charge on any atom is -0.303 e. The molecule has 0 N–H and O–H groups in total. The van der Waals surface area contributed by atoms with Crippen molar-refractivity contribution in [3.63, 3.8) is 0 Å². The minimum atomic E-state index is -0.294. The van der Waals surface area contributed by atoms with Gasteiger partial charge in [0.05, 0.1) is 5.69 Å². The molecule has 3 rings (SSSR count). The lowest BCUT2D eigenvalue weighted by Gasteiger charge is -2.06. The maximum absolute atomic E-state index is 13.8. The zero-order valence-electron chi connectivity index (χ0n) is 13.8. The number of benzene rings is 2. The second-order valence-electron chi connectivity index (χ2n) is 5.80. The van der Waals surface area contributed by atoms with E-state index in [9.17, 15) is 13.6 Å². The van der Waals surface area contributed by atoms with Crippen molar-refractivity contribution in [1.82, 2.24) is 4.98 Å². The van der Waals surface area contributed by atoms with Crippen LogP contribution in [0.1, 0.15) is 28.1 Å². The van der Waals surface area contributed by atoms with Gasteiger partial charge in [0, 0.05) is 23.3 Å². The standard InChI is InChI=1S/C20H17F2NOS/c1-13-15(4-2-5-17(13)22)12-18-19(6-3-11-24)25-20(23-18)14-7-9-16(21)10-8-14/h2,4-5,7-11H,3,6,12H2,1H3. The van der Waals surface area contributed by atoms with E-state index in [1.165, 1.54) is 29.5 Å². The van der Waals surface area contributed by atoms with Crippen LogP contribution in [0.15, 0.2) is 42.5 Å². The summed E-state index contributed by atoms with van der Waals surface area (Å²) in [6.45, 7) is 1.75. The summed E-state index contributed by atoms with van der Waals surface area (Å²) < 4.78 is 26.9. The molecule has 1 aromatic heterocycles. The van der Waals surface area contributed by atoms with Gasteiger partial charge < -0.3 is 4.79 Å². The van der Waals surface area contributed by atoms with Crippen LogP contribution in [0.4, 0.5) is 8.78 Å². The van der Waals surface area contributed by atoms with Crippen LogP contribution in [0.25, 0.3) is 10.6 Å². The normalized spacial score (nSPS) is 10.8. The number of hydrogen-bond acceptors (Lipinski definition) is 3. The third-order valence-electron chi connectivity index (χ3n) is 4.10. The van der Waals surface area contributed by atoms with E-state index in [0.717, 1.165) is 33.0 Å². The Kier molecular flexibility index (Phi) is 5.34. The Bertz CT molecular complexity index is 887. The van der Waals surface area contributed by atoms with Crippen LogP contribution >= 0.6 is 11.3 Å². The first-order valence-corrected chi connectivity index (χ1v) is 8.82. The number of halogens is 2. The largest absolute Gasteiger partial charge is 0.303 e. The first kappa shape index (κ1) is 17.4. The molecule has 25 heavy (non-hydrogen) atoms. The monoisotopic (exact) mass is 357 g/mol. The van der Waals surface area contributed by atoms with Gasteiger partial charge >= 0.3 is 0 Å². The Morgan fingerprint density at radius 3 is 2.60 bits per heavy atom. The highest BCUT2D eigenvalue weighted by atomic mass is 32.1. The molecule has 0 radical (unpaired) electrons. The summed E-state index contributed by atoms with van der Waals surface area (Å²) in [4.78, 5) is 16.4. The highest BCUT2D eigenvalue weighted by Crippen LogP contribution is 2.31. The molecule has 0 saturated heterocycles. The van der Waals surface area contributed by atoms with E-state index in [1.54, 1.807) is 25.1 Å². The van der Waals surface area contributed by atoms with E-state index in [-0.39, 0.29) is 11.6 Å². The maximum Gasteiger partial charge on any atom is 0.126 e. The zero-order valence-corrected chi connectivity index (χ0v) is 14.6. The van der Waals surface area contributed by atoms with Crippen LogP contribution in [-0.4, -0.2) is 11.3 Å². The van der Waals surface area contributed by atoms with Gasteiger partial charge in [0.1, 0.15) is 22.9 Å². The average Bonchev–Trinajstić information content (AvgIpc) is 3.00. The summed E-state index contributed by atoms with van der Waals surface area (Å²) in [6, 6.07) is 11.2. The Hall–Kier alpha value is -2.40. The molecule has 0 unspecified atom stereocenters. The van der Waals surface area contributed by atoms with Crippen LogP contribution in [0, 0.1) is 18.6 Å². The van der Waals surface area contributed by atoms with E-state index in [4.69, 9.17) is 0 Å². The molecule has 0 bridgehead atoms. The zero-order chi connectivity index (χ0) is 17.8. The topological polar surface area (TPSA) is 30.0 Å². The second kappa shape index (κ2) is 7.66. The number of aromatic nitrogens is 1. The van der Waals surface area contributed by atoms with Crippen molar-refractivity contribution >= 4 is 17.6 Å². The summed E-state index contributed by atoms with van der Waals surface area (Å²) in [5, 5.41) is 0.782. The van der Waals surface area contributed by atoms with Gasteiger partial charge in [-0.25, -0.2) is 13.8 Å². The Labute approximate surface area is 149 Å². The van der Waals surface area contributed by atoms with Gasteiger partial charge in [-0.05, 0) is 54.8 Å². The van der Waals surface area contributed by atoms with Gasteiger partial charge in [-0.1, -0.05) is 12.1 Å². The highest BCUT2D eigenvalue weighted by Gasteiger charge is 2.15. The number of carbonyl (C=O) groups is 1. The smallest absolute Gasteiger partial charge is 0.126 e. The second-order valence-corrected chi connectivity index (χ2v) is 6.89. The number of hydrogen-bond donors (Lipinski definition) is 0. The number of rotatable bonds is 6. The molecule has 0 saturated carbocycles. The SMILES string of the molecule is Cc1c(F)cccc1Cc1nc(-c2ccc(F)cc2)sc1CCC=O. The summed E-state index contributed by atoms with van der Waals surface area (Å²) in [7, 11) is 0. The molecule has 3 aromatic rings. The quantitative estimate of drug-likeness (QED) is 0.573. The molecular formula is C20H17F2NOS. The summed E-state index contributed by atoms with van der Waals surface area (Å²) in [5.74, 6) is -0.530. The van der Waals surface area contributed by atoms with Crippen molar-refractivity contribution < 1.29 is 13.6 Å². The molecule has 2 nitrogen and oxygen atoms in total. The van der Waals surface area contributed by atoms with Crippen molar-refractivity contribution in [3.8, 4) is 10.6 Å². The number of aldehydes is 1. The summed E-state index contributed by atoms with van der Waals surface area (Å²) in [5.41, 5.74) is 3.17. The lowest BCUT2D eigenvalue weighted by atomic mass is 10.0. The van der Waals surface area contributed by atoms with Gasteiger partial charge in [-0.3, -0.25) is 0 Å². The fraction of sp³-hybridized carbons (Fsp3) is 0.200. The molecule has 0 aliphatic rings. The van der Waals surface area contributed by atoms with E-state index >= 15 is 0 Å². The molecular weight excluding hydrogens is 340 g/mol. The van der Waals surface area contributed by atoms with Crippen molar-refractivity contribution in [1.29, 1.82) is 0 Å². The fourth-order valence-corrected chi connectivity index (χ4v) is 3.75. The molecule has 128 valence electrons. The fourth-order valence-electron chi connectivity index (χ4n) is 2.65. The Morgan fingerprint density at radius 2 is 1.88 bits per heavy atom. The average molecular weight is 357 g/mol. The molecule has 0 spiro atoms. The van der Waals surface area contributed by atoms with Gasteiger partial charge in [0.15, 0.2) is 0 Å². The lowest BCUT2D eigenvalue weighted by Crippen LogP contribution is -1.98. The van der Waals surface area contributed by atoms with Gasteiger partial charge in [0.2, 0.25) is 0 Å². The van der Waals surface area contributed by atoms with E-state index in [1.807, 2.05) is 6.07 Å². The molecule has 0 aliphatic carbocycles. The molecule has 1 heterocycles. The lowest BCUT2D eigenvalue weighted by molar-refractivity contribution is -0.107. The van der Waals surface area contributed by atoms with E-state index < -0.39 is 0 Å². The molecule has 2 aromatic carbocycles. The highest BCUT2D eigenvalue weighted by molar-refractivity contribution is 7.15. The third-order valence-corrected chi connectivity index (χ3v) is 5.30. The predicted octanol–water partition coefficient (Wildman–Crippen LogP) is 5.12. The van der Waals surface area contributed by atoms with Crippen LogP contribution in [0.3, 0.4) is 0 Å². The molecule has 5 heteroatoms. The predicted molar refractivity (Wildman–Crippen MR) is 95.8 cm³/mol. The minimum absolute atomic E-state index is 0.235. The van der Waals surface area contributed by atoms with Crippen LogP contribution in [-0.2, 0) is 17.6 Å². The number of aryl methyl sites for hydroxylation is 1. The Morgan fingerprint density at radius 1 is 1.12 bits per heavy atom. The molecule has 0 amide bonds. The molecule has 0 fully saturated rings. The van der Waals surface area contributed by atoms with Crippen molar-refractivity contribution in [2.45, 2.75) is 26.2 Å². The van der Waals surface area contributed by atoms with Crippen LogP contribution in [0.5, 0.6) is 0 Å².